The molecule has 2 amide bonds. The van der Waals surface area contributed by atoms with Crippen LogP contribution in [0.2, 0.25) is 0 Å². The van der Waals surface area contributed by atoms with E-state index >= 15 is 0 Å². The van der Waals surface area contributed by atoms with Gasteiger partial charge in [-0.05, 0) is 79.3 Å². The Bertz CT molecular complexity index is 1790. The highest BCUT2D eigenvalue weighted by atomic mass is 32.1. The van der Waals surface area contributed by atoms with Gasteiger partial charge in [-0.25, -0.2) is 0 Å². The number of hydrogen-bond acceptors (Lipinski definition) is 9. The second kappa shape index (κ2) is 10.9. The zero-order valence-electron chi connectivity index (χ0n) is 23.6. The number of ketones is 1. The number of ether oxygens (including phenoxy) is 1. The van der Waals surface area contributed by atoms with Crippen LogP contribution >= 0.6 is 11.3 Å². The number of nitrogens with one attached hydrogen (secondary N) is 2. The lowest BCUT2D eigenvalue weighted by atomic mass is 9.69. The number of benzene rings is 2. The number of hydrogen-bond donors (Lipinski definition) is 5. The van der Waals surface area contributed by atoms with Crippen molar-refractivity contribution in [3.8, 4) is 11.5 Å². The number of Topliss-reactive ketones (excluding diaryl/α,β-unsaturated/α-hetero) is 1. The van der Waals surface area contributed by atoms with Crippen molar-refractivity contribution >= 4 is 44.7 Å². The predicted molar refractivity (Wildman–Crippen MR) is 166 cm³/mol. The van der Waals surface area contributed by atoms with Crippen molar-refractivity contribution in [2.45, 2.75) is 49.9 Å². The number of carbonyl (C=O) groups is 3. The van der Waals surface area contributed by atoms with E-state index in [4.69, 9.17) is 21.9 Å². The van der Waals surface area contributed by atoms with Gasteiger partial charge < -0.3 is 32.6 Å². The Kier molecular flexibility index (Phi) is 7.25. The molecule has 220 valence electrons. The molecule has 2 heterocycles. The number of amides is 2. The Morgan fingerprint density at radius 2 is 1.86 bits per heavy atom. The number of aryl methyl sites for hydroxylation is 1. The van der Waals surface area contributed by atoms with E-state index in [1.165, 1.54) is 17.4 Å². The summed E-state index contributed by atoms with van der Waals surface area (Å²) in [6.45, 7) is 5.37. The molecular weight excluding hydrogens is 564 g/mol. The van der Waals surface area contributed by atoms with E-state index in [9.17, 15) is 14.4 Å². The van der Waals surface area contributed by atoms with Gasteiger partial charge in [0.05, 0.1) is 21.8 Å². The summed E-state index contributed by atoms with van der Waals surface area (Å²) >= 11 is 1.20. The molecule has 0 radical (unpaired) electrons. The molecule has 43 heavy (non-hydrogen) atoms. The number of nitrogens with two attached hydrogens (primary N) is 3. The van der Waals surface area contributed by atoms with Gasteiger partial charge in [0, 0.05) is 34.9 Å². The summed E-state index contributed by atoms with van der Waals surface area (Å²) in [5, 5.41) is 6.58. The van der Waals surface area contributed by atoms with Gasteiger partial charge in [0.25, 0.3) is 5.91 Å². The number of thiophene rings is 1. The molecule has 1 saturated carbocycles. The van der Waals surface area contributed by atoms with E-state index in [-0.39, 0.29) is 23.9 Å². The van der Waals surface area contributed by atoms with E-state index < -0.39 is 17.4 Å². The lowest BCUT2D eigenvalue weighted by molar-refractivity contribution is -0.124. The molecule has 2 aromatic carbocycles. The fraction of sp³-hybridized carbons (Fsp3) is 0.250. The smallest absolute Gasteiger partial charge is 0.262 e. The van der Waals surface area contributed by atoms with Crippen molar-refractivity contribution in [3.05, 3.63) is 94.6 Å². The van der Waals surface area contributed by atoms with E-state index in [1.807, 2.05) is 13.0 Å². The van der Waals surface area contributed by atoms with Crippen LogP contribution in [0.3, 0.4) is 0 Å². The van der Waals surface area contributed by atoms with Crippen LogP contribution in [-0.2, 0) is 15.1 Å². The molecule has 6 rings (SSSR count). The van der Waals surface area contributed by atoms with Crippen molar-refractivity contribution in [1.82, 2.24) is 15.6 Å². The summed E-state index contributed by atoms with van der Waals surface area (Å²) in [5.41, 5.74) is 21.3. The Balaban J connectivity index is 1.40. The first-order valence-electron chi connectivity index (χ1n) is 14.0. The van der Waals surface area contributed by atoms with Gasteiger partial charge in [-0.15, -0.1) is 11.3 Å². The number of nitrogens with zero attached hydrogens (tertiary/aromatic N) is 1. The standard InChI is InChI=1S/C32H32N6O4S/c1-3-24(39)37-22-7-4-8-23(22)38-31(41)29-26-25-20(11-12-21(33)28(25)43-29)32(35,30(40)27(26)34)19-10-9-17(14-16(19)2)42-18-6-5-13-36-15-18/h3,5-6,9-15,22-23,27H,1,4,7-8,33-35H2,2H3,(H,37,39)(H,38,41)/t22-,23+,27?,32?/m0/s1. The Morgan fingerprint density at radius 1 is 1.12 bits per heavy atom. The van der Waals surface area contributed by atoms with E-state index in [2.05, 4.69) is 22.2 Å². The van der Waals surface area contributed by atoms with Gasteiger partial charge in [-0.3, -0.25) is 19.4 Å². The topological polar surface area (TPSA) is 175 Å². The highest BCUT2D eigenvalue weighted by molar-refractivity contribution is 7.21. The average Bonchev–Trinajstić information content (AvgIpc) is 3.61. The lowest BCUT2D eigenvalue weighted by Gasteiger charge is -2.37. The number of anilines is 1. The van der Waals surface area contributed by atoms with Crippen LogP contribution in [-0.4, -0.2) is 34.7 Å². The van der Waals surface area contributed by atoms with Crippen LogP contribution < -0.4 is 32.6 Å². The minimum Gasteiger partial charge on any atom is -0.456 e. The molecule has 1 fully saturated rings. The fourth-order valence-corrected chi connectivity index (χ4v) is 7.50. The maximum atomic E-state index is 14.2. The van der Waals surface area contributed by atoms with Crippen molar-refractivity contribution in [1.29, 1.82) is 0 Å². The van der Waals surface area contributed by atoms with Gasteiger partial charge >= 0.3 is 0 Å². The first-order valence-corrected chi connectivity index (χ1v) is 14.8. The number of pyridine rings is 1. The second-order valence-electron chi connectivity index (χ2n) is 11.0. The van der Waals surface area contributed by atoms with E-state index in [1.54, 1.807) is 48.8 Å². The van der Waals surface area contributed by atoms with Crippen LogP contribution in [0.5, 0.6) is 11.5 Å². The fourth-order valence-electron chi connectivity index (χ4n) is 6.29. The molecule has 2 aliphatic carbocycles. The molecule has 4 atom stereocenters. The Hall–Kier alpha value is -4.58. The molecule has 2 aromatic heterocycles. The summed E-state index contributed by atoms with van der Waals surface area (Å²) in [7, 11) is 0. The van der Waals surface area contributed by atoms with Crippen LogP contribution in [0, 0.1) is 6.92 Å². The monoisotopic (exact) mass is 596 g/mol. The Morgan fingerprint density at radius 3 is 2.56 bits per heavy atom. The summed E-state index contributed by atoms with van der Waals surface area (Å²) in [6, 6.07) is 10.7. The van der Waals surface area contributed by atoms with Gasteiger partial charge in [0.1, 0.15) is 17.0 Å². The quantitative estimate of drug-likeness (QED) is 0.158. The molecule has 0 aliphatic heterocycles. The molecule has 2 unspecified atom stereocenters. The first-order chi connectivity index (χ1) is 20.6. The SMILES string of the molecule is C=CC(=O)N[C@H]1CCC[C@H]1NC(=O)c1sc2c(N)ccc3c2c1C(N)C(=O)C3(N)c1ccc(Oc2cccnc2)cc1C. The highest BCUT2D eigenvalue weighted by Crippen LogP contribution is 2.50. The molecule has 0 bridgehead atoms. The van der Waals surface area contributed by atoms with Gasteiger partial charge in [0.15, 0.2) is 5.78 Å². The molecule has 8 N–H and O–H groups in total. The number of rotatable bonds is 7. The highest BCUT2D eigenvalue weighted by Gasteiger charge is 2.49. The minimum absolute atomic E-state index is 0.221. The van der Waals surface area contributed by atoms with Crippen LogP contribution in [0.15, 0.2) is 67.5 Å². The third kappa shape index (κ3) is 4.75. The Labute approximate surface area is 252 Å². The normalized spacial score (nSPS) is 22.8. The van der Waals surface area contributed by atoms with Crippen LogP contribution in [0.4, 0.5) is 5.69 Å². The summed E-state index contributed by atoms with van der Waals surface area (Å²) in [6.07, 6.45) is 6.77. The zero-order chi connectivity index (χ0) is 30.5. The minimum atomic E-state index is -1.59. The number of nitrogen functional groups attached to an aromatic ring is 1. The zero-order valence-corrected chi connectivity index (χ0v) is 24.4. The lowest BCUT2D eigenvalue weighted by Crippen LogP contribution is -2.53. The maximum absolute atomic E-state index is 14.2. The first kappa shape index (κ1) is 28.5. The second-order valence-corrected chi connectivity index (χ2v) is 12.0. The predicted octanol–water partition coefficient (Wildman–Crippen LogP) is 3.72. The average molecular weight is 597 g/mol. The van der Waals surface area contributed by atoms with Crippen molar-refractivity contribution in [2.75, 3.05) is 5.73 Å². The van der Waals surface area contributed by atoms with Crippen molar-refractivity contribution in [3.63, 3.8) is 0 Å². The molecule has 0 spiro atoms. The van der Waals surface area contributed by atoms with Gasteiger partial charge in [0.2, 0.25) is 5.91 Å². The van der Waals surface area contributed by atoms with Crippen LogP contribution in [0.1, 0.15) is 57.2 Å². The summed E-state index contributed by atoms with van der Waals surface area (Å²) in [4.78, 5) is 44.2. The molecule has 4 aromatic rings. The van der Waals surface area contributed by atoms with Crippen LogP contribution in [0.25, 0.3) is 10.1 Å². The third-order valence-corrected chi connectivity index (χ3v) is 9.61. The molecule has 11 heteroatoms. The molecule has 2 aliphatic rings. The molecular formula is C32H32N6O4S. The maximum Gasteiger partial charge on any atom is 0.262 e. The van der Waals surface area contributed by atoms with Crippen molar-refractivity contribution in [2.24, 2.45) is 11.5 Å². The molecule has 0 saturated heterocycles. The number of carbonyl (C=O) groups excluding carboxylic acids is 3. The van der Waals surface area contributed by atoms with E-state index in [0.29, 0.717) is 55.3 Å². The molecule has 10 nitrogen and oxygen atoms in total. The van der Waals surface area contributed by atoms with Gasteiger partial charge in [-0.2, -0.15) is 0 Å². The summed E-state index contributed by atoms with van der Waals surface area (Å²) in [5.74, 6) is 0.0532. The largest absolute Gasteiger partial charge is 0.456 e. The van der Waals surface area contributed by atoms with Gasteiger partial charge in [-0.1, -0.05) is 18.7 Å². The van der Waals surface area contributed by atoms with Crippen molar-refractivity contribution < 1.29 is 19.1 Å². The summed E-state index contributed by atoms with van der Waals surface area (Å²) < 4.78 is 6.58. The third-order valence-electron chi connectivity index (χ3n) is 8.36. The number of aromatic nitrogens is 1. The van der Waals surface area contributed by atoms with E-state index in [0.717, 1.165) is 18.4 Å².